The predicted molar refractivity (Wildman–Crippen MR) is 112 cm³/mol. The van der Waals surface area contributed by atoms with Gasteiger partial charge in [-0.25, -0.2) is 0 Å². The van der Waals surface area contributed by atoms with Crippen molar-refractivity contribution in [3.05, 3.63) is 95.4 Å². The quantitative estimate of drug-likeness (QED) is 0.600. The highest BCUT2D eigenvalue weighted by molar-refractivity contribution is 5.94. The highest BCUT2D eigenvalue weighted by Crippen LogP contribution is 2.23. The number of carbonyl (C=O) groups is 1. The molecule has 1 atom stereocenters. The molecule has 0 aliphatic rings. The van der Waals surface area contributed by atoms with E-state index in [0.717, 1.165) is 18.7 Å². The van der Waals surface area contributed by atoms with Crippen molar-refractivity contribution < 1.29 is 9.21 Å². The number of benzene rings is 2. The largest absolute Gasteiger partial charge is 0.467 e. The van der Waals surface area contributed by atoms with Crippen LogP contribution in [0.15, 0.2) is 77.4 Å². The minimum absolute atomic E-state index is 0.118. The average molecular weight is 377 g/mol. The number of hydrogen-bond acceptors (Lipinski definition) is 3. The molecule has 1 heterocycles. The van der Waals surface area contributed by atoms with Gasteiger partial charge in [-0.2, -0.15) is 0 Å². The second kappa shape index (κ2) is 9.38. The zero-order valence-electron chi connectivity index (χ0n) is 16.8. The average Bonchev–Trinajstić information content (AvgIpc) is 3.25. The molecule has 146 valence electrons. The van der Waals surface area contributed by atoms with Gasteiger partial charge in [0.05, 0.1) is 6.26 Å². The van der Waals surface area contributed by atoms with Gasteiger partial charge < -0.3 is 9.73 Å². The molecule has 0 aliphatic heterocycles. The smallest absolute Gasteiger partial charge is 0.252 e. The van der Waals surface area contributed by atoms with Crippen LogP contribution in [0.25, 0.3) is 0 Å². The summed E-state index contributed by atoms with van der Waals surface area (Å²) in [7, 11) is 0. The third-order valence-electron chi connectivity index (χ3n) is 4.97. The lowest BCUT2D eigenvalue weighted by atomic mass is 10.0. The maximum atomic E-state index is 12.9. The highest BCUT2D eigenvalue weighted by atomic mass is 16.3. The number of nitrogens with zero attached hydrogens (tertiary/aromatic N) is 1. The molecule has 0 spiro atoms. The van der Waals surface area contributed by atoms with Gasteiger partial charge in [-0.05, 0) is 55.8 Å². The van der Waals surface area contributed by atoms with Crippen molar-refractivity contribution >= 4 is 5.91 Å². The van der Waals surface area contributed by atoms with Crippen molar-refractivity contribution in [3.8, 4) is 0 Å². The second-order valence-corrected chi connectivity index (χ2v) is 7.19. The van der Waals surface area contributed by atoms with Crippen LogP contribution < -0.4 is 5.32 Å². The molecule has 28 heavy (non-hydrogen) atoms. The van der Waals surface area contributed by atoms with Crippen molar-refractivity contribution in [2.45, 2.75) is 39.4 Å². The Morgan fingerprint density at radius 1 is 1.00 bits per heavy atom. The first kappa shape index (κ1) is 19.9. The summed E-state index contributed by atoms with van der Waals surface area (Å²) in [6.45, 7) is 8.45. The zero-order chi connectivity index (χ0) is 19.9. The Morgan fingerprint density at radius 2 is 1.71 bits per heavy atom. The van der Waals surface area contributed by atoms with Crippen LogP contribution in [0, 0.1) is 0 Å². The predicted octanol–water partition coefficient (Wildman–Crippen LogP) is 5.03. The Bertz CT molecular complexity index is 855. The first-order chi connectivity index (χ1) is 13.6. The number of rotatable bonds is 8. The minimum atomic E-state index is -0.320. The lowest BCUT2D eigenvalue weighted by Crippen LogP contribution is -2.30. The van der Waals surface area contributed by atoms with Gasteiger partial charge in [-0.15, -0.1) is 0 Å². The standard InChI is InChI=1S/C24H28N2O2/c1-4-26(18(2)3)17-19-12-14-21(15-13-19)24(27)25-23(22-11-8-16-28-22)20-9-6-5-7-10-20/h5-16,18,23H,4,17H2,1-3H3,(H,25,27). The Hall–Kier alpha value is -2.85. The topological polar surface area (TPSA) is 45.5 Å². The van der Waals surface area contributed by atoms with Crippen LogP contribution in [-0.4, -0.2) is 23.4 Å². The molecule has 0 bridgehead atoms. The summed E-state index contributed by atoms with van der Waals surface area (Å²) in [6, 6.07) is 21.6. The van der Waals surface area contributed by atoms with Gasteiger partial charge >= 0.3 is 0 Å². The van der Waals surface area contributed by atoms with Crippen molar-refractivity contribution in [1.82, 2.24) is 10.2 Å². The SMILES string of the molecule is CCN(Cc1ccc(C(=O)NC(c2ccccc2)c2ccco2)cc1)C(C)C. The number of hydrogen-bond donors (Lipinski definition) is 1. The van der Waals surface area contributed by atoms with E-state index in [1.54, 1.807) is 6.26 Å². The molecule has 1 unspecified atom stereocenters. The maximum Gasteiger partial charge on any atom is 0.252 e. The fourth-order valence-electron chi connectivity index (χ4n) is 3.29. The van der Waals surface area contributed by atoms with Crippen LogP contribution in [-0.2, 0) is 6.54 Å². The molecule has 0 saturated heterocycles. The Labute approximate surface area is 167 Å². The summed E-state index contributed by atoms with van der Waals surface area (Å²) in [6.07, 6.45) is 1.63. The Morgan fingerprint density at radius 3 is 2.29 bits per heavy atom. The van der Waals surface area contributed by atoms with Gasteiger partial charge in [-0.1, -0.05) is 49.4 Å². The van der Waals surface area contributed by atoms with Crippen LogP contribution in [0.2, 0.25) is 0 Å². The molecule has 1 aromatic heterocycles. The van der Waals surface area contributed by atoms with Crippen LogP contribution in [0.3, 0.4) is 0 Å². The molecule has 4 heteroatoms. The molecule has 0 aliphatic carbocycles. The third kappa shape index (κ3) is 4.90. The van der Waals surface area contributed by atoms with Crippen LogP contribution in [0.5, 0.6) is 0 Å². The van der Waals surface area contributed by atoms with Gasteiger partial charge in [0.1, 0.15) is 11.8 Å². The van der Waals surface area contributed by atoms with Crippen LogP contribution in [0.1, 0.15) is 54.1 Å². The first-order valence-electron chi connectivity index (χ1n) is 9.80. The fourth-order valence-corrected chi connectivity index (χ4v) is 3.29. The van der Waals surface area contributed by atoms with E-state index in [1.165, 1.54) is 5.56 Å². The van der Waals surface area contributed by atoms with Gasteiger partial charge in [0.25, 0.3) is 5.91 Å². The summed E-state index contributed by atoms with van der Waals surface area (Å²) >= 11 is 0. The molecule has 3 rings (SSSR count). The summed E-state index contributed by atoms with van der Waals surface area (Å²) in [5.41, 5.74) is 2.83. The summed E-state index contributed by atoms with van der Waals surface area (Å²) in [5, 5.41) is 3.10. The molecule has 0 saturated carbocycles. The van der Waals surface area contributed by atoms with E-state index in [4.69, 9.17) is 4.42 Å². The van der Waals surface area contributed by atoms with Crippen LogP contribution in [0.4, 0.5) is 0 Å². The number of amides is 1. The normalized spacial score (nSPS) is 12.3. The van der Waals surface area contributed by atoms with E-state index in [1.807, 2.05) is 66.7 Å². The molecule has 3 aromatic rings. The van der Waals surface area contributed by atoms with E-state index < -0.39 is 0 Å². The third-order valence-corrected chi connectivity index (χ3v) is 4.97. The molecular weight excluding hydrogens is 348 g/mol. The van der Waals surface area contributed by atoms with E-state index in [0.29, 0.717) is 17.4 Å². The Balaban J connectivity index is 1.74. The molecule has 4 nitrogen and oxygen atoms in total. The van der Waals surface area contributed by atoms with E-state index >= 15 is 0 Å². The fraction of sp³-hybridized carbons (Fsp3) is 0.292. The van der Waals surface area contributed by atoms with Gasteiger partial charge in [-0.3, -0.25) is 9.69 Å². The highest BCUT2D eigenvalue weighted by Gasteiger charge is 2.20. The lowest BCUT2D eigenvalue weighted by molar-refractivity contribution is 0.0939. The summed E-state index contributed by atoms with van der Waals surface area (Å²) < 4.78 is 5.56. The molecule has 1 N–H and O–H groups in total. The van der Waals surface area contributed by atoms with Gasteiger partial charge in [0.2, 0.25) is 0 Å². The van der Waals surface area contributed by atoms with E-state index in [9.17, 15) is 4.79 Å². The summed E-state index contributed by atoms with van der Waals surface area (Å²) in [4.78, 5) is 15.2. The maximum absolute atomic E-state index is 12.9. The van der Waals surface area contributed by atoms with Crippen molar-refractivity contribution in [1.29, 1.82) is 0 Å². The monoisotopic (exact) mass is 376 g/mol. The van der Waals surface area contributed by atoms with Crippen molar-refractivity contribution in [2.24, 2.45) is 0 Å². The molecule has 2 aromatic carbocycles. The summed E-state index contributed by atoms with van der Waals surface area (Å²) in [5.74, 6) is 0.597. The van der Waals surface area contributed by atoms with Crippen LogP contribution >= 0.6 is 0 Å². The van der Waals surface area contributed by atoms with E-state index in [2.05, 4.69) is 31.0 Å². The molecule has 1 amide bonds. The lowest BCUT2D eigenvalue weighted by Gasteiger charge is -2.24. The minimum Gasteiger partial charge on any atom is -0.467 e. The molecule has 0 fully saturated rings. The first-order valence-corrected chi connectivity index (χ1v) is 9.80. The number of furan rings is 1. The van der Waals surface area contributed by atoms with Crippen molar-refractivity contribution in [3.63, 3.8) is 0 Å². The second-order valence-electron chi connectivity index (χ2n) is 7.19. The van der Waals surface area contributed by atoms with Crippen molar-refractivity contribution in [2.75, 3.05) is 6.54 Å². The molecular formula is C24H28N2O2. The Kier molecular flexibility index (Phi) is 6.66. The molecule has 0 radical (unpaired) electrons. The van der Waals surface area contributed by atoms with E-state index in [-0.39, 0.29) is 11.9 Å². The van der Waals surface area contributed by atoms with Gasteiger partial charge in [0, 0.05) is 18.2 Å². The zero-order valence-corrected chi connectivity index (χ0v) is 16.8. The number of carbonyl (C=O) groups excluding carboxylic acids is 1. The van der Waals surface area contributed by atoms with Gasteiger partial charge in [0.15, 0.2) is 0 Å². The number of nitrogens with one attached hydrogen (secondary N) is 1.